The average Bonchev–Trinajstić information content (AvgIpc) is 2.78. The second kappa shape index (κ2) is 4.47. The molecule has 4 nitrogen and oxygen atoms in total. The first-order valence-corrected chi connectivity index (χ1v) is 5.67. The van der Waals surface area contributed by atoms with Gasteiger partial charge in [-0.2, -0.15) is 0 Å². The molecule has 1 aromatic heterocycles. The third-order valence-corrected chi connectivity index (χ3v) is 3.10. The zero-order valence-corrected chi connectivity index (χ0v) is 9.78. The molecule has 5 heteroatoms. The quantitative estimate of drug-likeness (QED) is 0.475. The normalized spacial score (nSPS) is 10.2. The van der Waals surface area contributed by atoms with Crippen LogP contribution < -0.4 is 0 Å². The zero-order valence-electron chi connectivity index (χ0n) is 8.97. The summed E-state index contributed by atoms with van der Waals surface area (Å²) in [5.74, 6) is -0.209. The molecule has 0 fully saturated rings. The van der Waals surface area contributed by atoms with Crippen LogP contribution in [-0.4, -0.2) is 10.7 Å². The Labute approximate surface area is 102 Å². The lowest BCUT2D eigenvalue weighted by molar-refractivity contribution is -0.384. The Bertz CT molecular complexity index is 572. The zero-order chi connectivity index (χ0) is 12.4. The smallest absolute Gasteiger partial charge is 0.288 e. The van der Waals surface area contributed by atoms with Crippen LogP contribution in [-0.2, 0) is 0 Å². The van der Waals surface area contributed by atoms with E-state index in [0.29, 0.717) is 10.4 Å². The van der Waals surface area contributed by atoms with Crippen molar-refractivity contribution in [3.05, 3.63) is 61.8 Å². The van der Waals surface area contributed by atoms with E-state index in [1.54, 1.807) is 12.1 Å². The Hall–Kier alpha value is -2.01. The number of nitrogens with zero attached hydrogens (tertiary/aromatic N) is 1. The molecule has 1 radical (unpaired) electrons. The fraction of sp³-hybridized carbons (Fsp3) is 0.0833. The van der Waals surface area contributed by atoms with Gasteiger partial charge in [0.05, 0.1) is 9.80 Å². The Balaban J connectivity index is 2.30. The molecular formula is C12H8NO3S. The molecule has 2 rings (SSSR count). The third-order valence-electron chi connectivity index (χ3n) is 2.27. The minimum Gasteiger partial charge on any atom is -0.288 e. The first-order valence-electron chi connectivity index (χ1n) is 4.85. The van der Waals surface area contributed by atoms with Crippen LogP contribution in [0.4, 0.5) is 5.69 Å². The van der Waals surface area contributed by atoms with Crippen molar-refractivity contribution in [1.82, 2.24) is 0 Å². The average molecular weight is 246 g/mol. The van der Waals surface area contributed by atoms with Gasteiger partial charge in [0, 0.05) is 11.6 Å². The van der Waals surface area contributed by atoms with Gasteiger partial charge in [-0.25, -0.2) is 0 Å². The monoisotopic (exact) mass is 246 g/mol. The maximum absolute atomic E-state index is 12.0. The van der Waals surface area contributed by atoms with Crippen molar-refractivity contribution in [3.63, 3.8) is 0 Å². The summed E-state index contributed by atoms with van der Waals surface area (Å²) in [4.78, 5) is 22.2. The van der Waals surface area contributed by atoms with Crippen LogP contribution in [0.1, 0.15) is 20.8 Å². The maximum atomic E-state index is 12.0. The number of hydrogen-bond acceptors (Lipinski definition) is 4. The van der Waals surface area contributed by atoms with E-state index in [2.05, 4.69) is 5.38 Å². The number of benzene rings is 1. The minimum absolute atomic E-state index is 0.162. The SMILES string of the molecule is Cc1ccc(C(=O)c2cc([N+](=O)[O-])[c]s2)cc1. The fourth-order valence-electron chi connectivity index (χ4n) is 1.34. The minimum atomic E-state index is -0.553. The van der Waals surface area contributed by atoms with Gasteiger partial charge in [0.1, 0.15) is 5.38 Å². The van der Waals surface area contributed by atoms with Gasteiger partial charge in [-0.1, -0.05) is 29.8 Å². The van der Waals surface area contributed by atoms with Crippen molar-refractivity contribution in [1.29, 1.82) is 0 Å². The summed E-state index contributed by atoms with van der Waals surface area (Å²) >= 11 is 0.969. The highest BCUT2D eigenvalue weighted by Gasteiger charge is 2.16. The molecule has 0 saturated heterocycles. The first kappa shape index (κ1) is 11.5. The lowest BCUT2D eigenvalue weighted by Crippen LogP contribution is -1.98. The van der Waals surface area contributed by atoms with Gasteiger partial charge >= 0.3 is 0 Å². The number of thiophene rings is 1. The van der Waals surface area contributed by atoms with E-state index in [9.17, 15) is 14.9 Å². The number of carbonyl (C=O) groups is 1. The van der Waals surface area contributed by atoms with Crippen LogP contribution in [0.2, 0.25) is 0 Å². The lowest BCUT2D eigenvalue weighted by Gasteiger charge is -1.97. The standard InChI is InChI=1S/C12H8NO3S/c1-8-2-4-9(5-3-8)12(14)11-6-10(7-17-11)13(15)16/h2-6H,1H3. The van der Waals surface area contributed by atoms with Crippen molar-refractivity contribution in [2.24, 2.45) is 0 Å². The molecule has 1 heterocycles. The van der Waals surface area contributed by atoms with E-state index < -0.39 is 4.92 Å². The molecule has 0 aliphatic heterocycles. The molecule has 17 heavy (non-hydrogen) atoms. The number of nitro groups is 1. The highest BCUT2D eigenvalue weighted by Crippen LogP contribution is 2.23. The number of ketones is 1. The largest absolute Gasteiger partial charge is 0.289 e. The fourth-order valence-corrected chi connectivity index (χ4v) is 2.07. The van der Waals surface area contributed by atoms with Crippen molar-refractivity contribution < 1.29 is 9.72 Å². The summed E-state index contributed by atoms with van der Waals surface area (Å²) in [6.07, 6.45) is 0. The van der Waals surface area contributed by atoms with Gasteiger partial charge in [0.15, 0.2) is 0 Å². The predicted molar refractivity (Wildman–Crippen MR) is 64.4 cm³/mol. The molecule has 0 atom stereocenters. The van der Waals surface area contributed by atoms with E-state index in [-0.39, 0.29) is 11.5 Å². The highest BCUT2D eigenvalue weighted by atomic mass is 32.1. The Morgan fingerprint density at radius 2 is 2.00 bits per heavy atom. The number of aryl methyl sites for hydroxylation is 1. The second-order valence-electron chi connectivity index (χ2n) is 3.55. The van der Waals surface area contributed by atoms with Crippen LogP contribution in [0.3, 0.4) is 0 Å². The van der Waals surface area contributed by atoms with Gasteiger partial charge in [0.25, 0.3) is 5.69 Å². The molecule has 85 valence electrons. The molecule has 0 amide bonds. The summed E-state index contributed by atoms with van der Waals surface area (Å²) in [5, 5.41) is 13.0. The predicted octanol–water partition coefficient (Wildman–Crippen LogP) is 3.00. The van der Waals surface area contributed by atoms with E-state index >= 15 is 0 Å². The van der Waals surface area contributed by atoms with Crippen molar-refractivity contribution in [3.8, 4) is 0 Å². The Kier molecular flexibility index (Phi) is 3.01. The van der Waals surface area contributed by atoms with Gasteiger partial charge in [-0.05, 0) is 6.92 Å². The van der Waals surface area contributed by atoms with Crippen molar-refractivity contribution in [2.75, 3.05) is 0 Å². The highest BCUT2D eigenvalue weighted by molar-refractivity contribution is 7.12. The van der Waals surface area contributed by atoms with Crippen molar-refractivity contribution >= 4 is 22.8 Å². The van der Waals surface area contributed by atoms with Gasteiger partial charge in [-0.3, -0.25) is 14.9 Å². The van der Waals surface area contributed by atoms with Crippen molar-refractivity contribution in [2.45, 2.75) is 6.92 Å². The molecule has 0 aliphatic carbocycles. The molecule has 0 bridgehead atoms. The molecule has 0 saturated carbocycles. The summed E-state index contributed by atoms with van der Waals surface area (Å²) in [6, 6.07) is 8.34. The lowest BCUT2D eigenvalue weighted by atomic mass is 10.1. The molecule has 0 aliphatic rings. The maximum Gasteiger partial charge on any atom is 0.289 e. The van der Waals surface area contributed by atoms with Crippen LogP contribution in [0, 0.1) is 22.4 Å². The van der Waals surface area contributed by atoms with Gasteiger partial charge < -0.3 is 0 Å². The number of carbonyl (C=O) groups excluding carboxylic acids is 1. The molecule has 0 N–H and O–H groups in total. The summed E-state index contributed by atoms with van der Waals surface area (Å²) in [5.41, 5.74) is 1.43. The molecule has 0 unspecified atom stereocenters. The third kappa shape index (κ3) is 2.39. The number of hydrogen-bond donors (Lipinski definition) is 0. The van der Waals surface area contributed by atoms with Crippen LogP contribution in [0.25, 0.3) is 0 Å². The molecule has 1 aromatic carbocycles. The van der Waals surface area contributed by atoms with Crippen LogP contribution in [0.15, 0.2) is 30.3 Å². The Morgan fingerprint density at radius 3 is 2.53 bits per heavy atom. The summed E-state index contributed by atoms with van der Waals surface area (Å²) in [7, 11) is 0. The number of rotatable bonds is 3. The van der Waals surface area contributed by atoms with E-state index in [1.165, 1.54) is 6.07 Å². The topological polar surface area (TPSA) is 60.2 Å². The van der Waals surface area contributed by atoms with Crippen LogP contribution >= 0.6 is 11.3 Å². The van der Waals surface area contributed by atoms with E-state index in [4.69, 9.17) is 0 Å². The Morgan fingerprint density at radius 1 is 1.35 bits per heavy atom. The van der Waals surface area contributed by atoms with Gasteiger partial charge in [-0.15, -0.1) is 11.3 Å². The molecule has 0 spiro atoms. The second-order valence-corrected chi connectivity index (χ2v) is 4.40. The summed E-state index contributed by atoms with van der Waals surface area (Å²) in [6.45, 7) is 1.93. The van der Waals surface area contributed by atoms with Crippen LogP contribution in [0.5, 0.6) is 0 Å². The summed E-state index contributed by atoms with van der Waals surface area (Å²) < 4.78 is 0. The van der Waals surface area contributed by atoms with E-state index in [0.717, 1.165) is 16.9 Å². The first-order chi connectivity index (χ1) is 8.08. The van der Waals surface area contributed by atoms with Gasteiger partial charge in [0.2, 0.25) is 5.78 Å². The van der Waals surface area contributed by atoms with E-state index in [1.807, 2.05) is 19.1 Å². The molecule has 2 aromatic rings. The molecular weight excluding hydrogens is 238 g/mol.